The van der Waals surface area contributed by atoms with Crippen LogP contribution in [0.25, 0.3) is 0 Å². The van der Waals surface area contributed by atoms with Gasteiger partial charge in [0.1, 0.15) is 32.6 Å². The second-order valence-corrected chi connectivity index (χ2v) is 3.14. The maximum absolute atomic E-state index is 9.30. The number of aliphatic hydroxyl groups excluding tert-OH is 4. The van der Waals surface area contributed by atoms with Gasteiger partial charge >= 0.3 is 0 Å². The predicted octanol–water partition coefficient (Wildman–Crippen LogP) is -2.37. The van der Waals surface area contributed by atoms with E-state index in [4.69, 9.17) is 21.8 Å². The highest BCUT2D eigenvalue weighted by Crippen LogP contribution is 1.91. The van der Waals surface area contributed by atoms with E-state index in [2.05, 4.69) is 10.2 Å². The first-order valence-corrected chi connectivity index (χ1v) is 5.04. The summed E-state index contributed by atoms with van der Waals surface area (Å²) < 4.78 is 32.0. The Kier molecular flexibility index (Phi) is 9.37. The molecule has 0 heterocycles. The van der Waals surface area contributed by atoms with Crippen molar-refractivity contribution in [3.8, 4) is 0 Å². The van der Waals surface area contributed by atoms with Crippen molar-refractivity contribution in [1.82, 2.24) is 0 Å². The van der Waals surface area contributed by atoms with E-state index in [9.17, 15) is 10.2 Å². The lowest BCUT2D eigenvalue weighted by Crippen LogP contribution is -2.25. The predicted molar refractivity (Wildman–Crippen MR) is 54.9 cm³/mol. The molecule has 8 heteroatoms. The lowest BCUT2D eigenvalue weighted by atomic mass is 10.4. The zero-order valence-electron chi connectivity index (χ0n) is 11.4. The fourth-order valence-corrected chi connectivity index (χ4v) is 0.892. The van der Waals surface area contributed by atoms with E-state index in [1.54, 1.807) is 0 Å². The van der Waals surface area contributed by atoms with Gasteiger partial charge in [0, 0.05) is 0 Å². The topological polar surface area (TPSA) is 118 Å². The SMILES string of the molecule is [3H]OCOCC(O)COCOCC(O)COCO[3H]. The van der Waals surface area contributed by atoms with E-state index in [0.29, 0.717) is 0 Å². The molecule has 0 aliphatic heterocycles. The summed E-state index contributed by atoms with van der Waals surface area (Å²) in [5.41, 5.74) is 0. The van der Waals surface area contributed by atoms with Gasteiger partial charge in [-0.05, 0) is 0 Å². The monoisotopic (exact) mass is 260 g/mol. The molecule has 0 aromatic carbocycles. The minimum atomic E-state index is -0.846. The molecule has 0 fully saturated rings. The van der Waals surface area contributed by atoms with Crippen LogP contribution >= 0.6 is 0 Å². The largest absolute Gasteiger partial charge is 0.388 e. The van der Waals surface area contributed by atoms with Gasteiger partial charge < -0.3 is 39.4 Å². The Morgan fingerprint density at radius 3 is 1.59 bits per heavy atom. The van der Waals surface area contributed by atoms with E-state index in [1.807, 2.05) is 0 Å². The van der Waals surface area contributed by atoms with Crippen LogP contribution in [-0.2, 0) is 18.9 Å². The van der Waals surface area contributed by atoms with E-state index in [0.717, 1.165) is 0 Å². The molecule has 0 saturated heterocycles. The third-order valence-electron chi connectivity index (χ3n) is 1.57. The second kappa shape index (κ2) is 12.1. The quantitative estimate of drug-likeness (QED) is 0.202. The average molecular weight is 260 g/mol. The Morgan fingerprint density at radius 2 is 1.18 bits per heavy atom. The highest BCUT2D eigenvalue weighted by molar-refractivity contribution is 4.51. The molecular weight excluding hydrogens is 236 g/mol. The van der Waals surface area contributed by atoms with Crippen molar-refractivity contribution in [3.05, 3.63) is 0 Å². The molecule has 0 aliphatic carbocycles. The standard InChI is InChI=1S/C9H20O8/c10-5-14-1-8(12)3-16-7-17-4-9(13)2-15-6-11/h8-13H,1-7H2/i10T,11T. The highest BCUT2D eigenvalue weighted by atomic mass is 16.7. The van der Waals surface area contributed by atoms with E-state index >= 15 is 0 Å². The molecular formula is C9H20O8. The molecule has 0 aliphatic rings. The first kappa shape index (κ1) is 13.1. The fraction of sp³-hybridized carbons (Fsp3) is 1.00. The van der Waals surface area contributed by atoms with E-state index in [1.165, 1.54) is 0 Å². The van der Waals surface area contributed by atoms with Gasteiger partial charge in [0.2, 0.25) is 2.86 Å². The van der Waals surface area contributed by atoms with E-state index in [-0.39, 0.29) is 46.8 Å². The average Bonchev–Trinajstić information content (AvgIpc) is 2.39. The summed E-state index contributed by atoms with van der Waals surface area (Å²) in [6.07, 6.45) is -1.69. The fourth-order valence-electron chi connectivity index (χ4n) is 0.892. The molecule has 8 nitrogen and oxygen atoms in total. The molecule has 0 radical (unpaired) electrons. The summed E-state index contributed by atoms with van der Waals surface area (Å²) in [6.45, 7) is -0.568. The maximum Gasteiger partial charge on any atom is 0.213 e. The molecule has 17 heavy (non-hydrogen) atoms. The zero-order valence-corrected chi connectivity index (χ0v) is 9.45. The molecule has 0 aromatic rings. The van der Waals surface area contributed by atoms with Gasteiger partial charge in [-0.1, -0.05) is 0 Å². The normalized spacial score (nSPS) is 16.4. The first-order valence-electron chi connectivity index (χ1n) is 5.85. The molecule has 2 atom stereocenters. The second-order valence-electron chi connectivity index (χ2n) is 3.14. The van der Waals surface area contributed by atoms with Crippen LogP contribution in [0.4, 0.5) is 0 Å². The number of hydrogen-bond acceptors (Lipinski definition) is 8. The van der Waals surface area contributed by atoms with Gasteiger partial charge in [-0.3, -0.25) is 0 Å². The third kappa shape index (κ3) is 11.9. The summed E-state index contributed by atoms with van der Waals surface area (Å²) in [7, 11) is 0. The van der Waals surface area contributed by atoms with Crippen molar-refractivity contribution in [3.63, 3.8) is 0 Å². The van der Waals surface area contributed by atoms with Gasteiger partial charge in [-0.25, -0.2) is 0 Å². The third-order valence-corrected chi connectivity index (χ3v) is 1.57. The van der Waals surface area contributed by atoms with Crippen LogP contribution in [0.2, 0.25) is 0 Å². The van der Waals surface area contributed by atoms with Crippen molar-refractivity contribution < 1.29 is 39.4 Å². The van der Waals surface area contributed by atoms with Gasteiger partial charge in [0.05, 0.1) is 26.4 Å². The first-order chi connectivity index (χ1) is 9.20. The van der Waals surface area contributed by atoms with Crippen molar-refractivity contribution >= 4 is 0 Å². The molecule has 0 spiro atoms. The Hall–Kier alpha value is -0.320. The van der Waals surface area contributed by atoms with Gasteiger partial charge in [0.25, 0.3) is 0 Å². The Bertz CT molecular complexity index is 170. The lowest BCUT2D eigenvalue weighted by molar-refractivity contribution is -0.124. The van der Waals surface area contributed by atoms with Crippen molar-refractivity contribution in [1.29, 1.82) is 2.86 Å². The molecule has 0 saturated carbocycles. The number of aliphatic hydroxyl groups is 4. The van der Waals surface area contributed by atoms with Crippen molar-refractivity contribution in [2.75, 3.05) is 46.8 Å². The Balaban J connectivity index is 3.24. The number of ether oxygens (including phenoxy) is 4. The number of rotatable bonds is 14. The lowest BCUT2D eigenvalue weighted by Gasteiger charge is -2.13. The number of hydrogen-bond donors (Lipinski definition) is 4. The molecule has 0 amide bonds. The van der Waals surface area contributed by atoms with Crippen LogP contribution in [0.15, 0.2) is 0 Å². The molecule has 2 unspecified atom stereocenters. The van der Waals surface area contributed by atoms with Crippen molar-refractivity contribution in [2.24, 2.45) is 0 Å². The minimum Gasteiger partial charge on any atom is -0.388 e. The summed E-state index contributed by atoms with van der Waals surface area (Å²) in [6, 6.07) is 0. The molecule has 0 aromatic heterocycles. The van der Waals surface area contributed by atoms with Crippen LogP contribution in [0, 0.1) is 0 Å². The Morgan fingerprint density at radius 1 is 0.765 bits per heavy atom. The maximum atomic E-state index is 9.30. The summed E-state index contributed by atoms with van der Waals surface area (Å²) >= 11 is 0. The van der Waals surface area contributed by atoms with Crippen LogP contribution in [-0.4, -0.2) is 82.3 Å². The zero-order chi connectivity index (χ0) is 14.3. The summed E-state index contributed by atoms with van der Waals surface area (Å²) in [4.78, 5) is 0. The van der Waals surface area contributed by atoms with Gasteiger partial charge in [-0.15, -0.1) is 0 Å². The van der Waals surface area contributed by atoms with Crippen LogP contribution in [0.3, 0.4) is 0 Å². The van der Waals surface area contributed by atoms with Gasteiger partial charge in [0.15, 0.2) is 0 Å². The van der Waals surface area contributed by atoms with E-state index < -0.39 is 12.2 Å². The van der Waals surface area contributed by atoms with Crippen LogP contribution in [0.1, 0.15) is 0 Å². The highest BCUT2D eigenvalue weighted by Gasteiger charge is 2.06. The molecule has 0 bridgehead atoms. The van der Waals surface area contributed by atoms with Gasteiger partial charge in [-0.2, -0.15) is 0 Å². The Labute approximate surface area is 102 Å². The van der Waals surface area contributed by atoms with Crippen LogP contribution < -0.4 is 0 Å². The smallest absolute Gasteiger partial charge is 0.213 e. The molecule has 4 N–H and O–H groups in total. The molecule has 104 valence electrons. The summed E-state index contributed by atoms with van der Waals surface area (Å²) in [5, 5.41) is 26.4. The van der Waals surface area contributed by atoms with Crippen LogP contribution in [0.5, 0.6) is 0 Å². The minimum absolute atomic E-state index is 0.00270. The summed E-state index contributed by atoms with van der Waals surface area (Å²) in [5.74, 6) is 0. The van der Waals surface area contributed by atoms with Crippen molar-refractivity contribution in [2.45, 2.75) is 12.2 Å². The molecule has 0 rings (SSSR count).